The van der Waals surface area contributed by atoms with Crippen LogP contribution in [0.4, 0.5) is 10.9 Å². The summed E-state index contributed by atoms with van der Waals surface area (Å²) < 4.78 is 21.2. The predicted octanol–water partition coefficient (Wildman–Crippen LogP) is 1.45. The summed E-state index contributed by atoms with van der Waals surface area (Å²) in [6.45, 7) is 3.25. The third-order valence-corrected chi connectivity index (χ3v) is 3.96. The van der Waals surface area contributed by atoms with Gasteiger partial charge in [-0.25, -0.2) is 18.4 Å². The van der Waals surface area contributed by atoms with Gasteiger partial charge in [-0.2, -0.15) is 0 Å². The fourth-order valence-electron chi connectivity index (χ4n) is 1.64. The van der Waals surface area contributed by atoms with Crippen LogP contribution in [0, 0.1) is 6.92 Å². The minimum absolute atomic E-state index is 0.162. The molecule has 0 aliphatic carbocycles. The van der Waals surface area contributed by atoms with Gasteiger partial charge in [-0.15, -0.1) is 0 Å². The number of rotatable bonds is 5. The van der Waals surface area contributed by atoms with Gasteiger partial charge < -0.3 is 10.6 Å². The molecule has 0 aromatic carbocycles. The molecule has 2 N–H and O–H groups in total. The van der Waals surface area contributed by atoms with Gasteiger partial charge in [-0.05, 0) is 19.1 Å². The Hall–Kier alpha value is -2.00. The van der Waals surface area contributed by atoms with E-state index in [1.807, 2.05) is 6.92 Å². The Labute approximate surface area is 127 Å². The molecule has 0 radical (unpaired) electrons. The summed E-state index contributed by atoms with van der Waals surface area (Å²) in [5.74, 6) is 0.128. The molecule has 0 spiro atoms. The van der Waals surface area contributed by atoms with Crippen LogP contribution in [0.2, 0.25) is 0 Å². The molecule has 9 heteroatoms. The Morgan fingerprint density at radius 2 is 2.10 bits per heavy atom. The molecule has 0 saturated heterocycles. The largest absolute Gasteiger partial charge is 0.356 e. The lowest BCUT2D eigenvalue weighted by Gasteiger charge is -2.03. The number of pyridine rings is 1. The van der Waals surface area contributed by atoms with Crippen LogP contribution in [0.3, 0.4) is 0 Å². The molecule has 0 saturated carbocycles. The quantitative estimate of drug-likeness (QED) is 0.719. The van der Waals surface area contributed by atoms with Crippen LogP contribution < -0.4 is 10.6 Å². The van der Waals surface area contributed by atoms with E-state index in [0.29, 0.717) is 16.6 Å². The van der Waals surface area contributed by atoms with Gasteiger partial charge in [0.25, 0.3) is 0 Å². The van der Waals surface area contributed by atoms with Crippen molar-refractivity contribution in [2.75, 3.05) is 16.5 Å². The Morgan fingerprint density at radius 3 is 2.76 bits per heavy atom. The molecule has 0 bridgehead atoms. The first-order valence-corrected chi connectivity index (χ1v) is 8.21. The zero-order chi connectivity index (χ0) is 15.4. The second-order valence-corrected chi connectivity index (χ2v) is 6.17. The van der Waals surface area contributed by atoms with Crippen molar-refractivity contribution in [3.05, 3.63) is 23.9 Å². The fourth-order valence-corrected chi connectivity index (χ4v) is 2.92. The number of nitrogens with one attached hydrogen (secondary N) is 2. The summed E-state index contributed by atoms with van der Waals surface area (Å²) in [6, 6.07) is 5.27. The number of thiol groups is 1. The van der Waals surface area contributed by atoms with E-state index in [0.717, 1.165) is 10.6 Å². The smallest absolute Gasteiger partial charge is 0.223 e. The van der Waals surface area contributed by atoms with Crippen LogP contribution in [0.1, 0.15) is 12.6 Å². The number of aromatic nitrogens is 2. The summed E-state index contributed by atoms with van der Waals surface area (Å²) in [5, 5.41) is 5.87. The number of carbonyl (C=O) groups excluding carboxylic acids is 1. The molecule has 0 atom stereocenters. The van der Waals surface area contributed by atoms with E-state index in [4.69, 9.17) is 0 Å². The molecular weight excluding hydrogens is 312 g/mol. The lowest BCUT2D eigenvalue weighted by atomic mass is 10.2. The zero-order valence-electron chi connectivity index (χ0n) is 11.4. The number of thiazole rings is 1. The number of anilines is 2. The molecule has 0 aliphatic heterocycles. The minimum Gasteiger partial charge on any atom is -0.356 e. The van der Waals surface area contributed by atoms with Gasteiger partial charge in [0.2, 0.25) is 5.91 Å². The van der Waals surface area contributed by atoms with Crippen molar-refractivity contribution < 1.29 is 13.2 Å². The first kappa shape index (κ1) is 15.4. The van der Waals surface area contributed by atoms with Gasteiger partial charge >= 0.3 is 0 Å². The molecule has 2 rings (SSSR count). The standard InChI is InChI=1S/C12H14N4O3S2/c1-7-11(20-12(14-7)15-8(2)17)9-4-3-5-10(16-9)13-6-21(18)19/h3-5,21H,6H2,1-2H3,(H,13,16)(H,14,15,17). The van der Waals surface area contributed by atoms with Gasteiger partial charge in [0, 0.05) is 6.92 Å². The normalized spacial score (nSPS) is 10.6. The molecule has 0 unspecified atom stereocenters. The summed E-state index contributed by atoms with van der Waals surface area (Å²) in [5.41, 5.74) is 1.43. The molecule has 2 heterocycles. The molecule has 2 aromatic heterocycles. The maximum atomic E-state index is 11.0. The lowest BCUT2D eigenvalue weighted by Crippen LogP contribution is -2.04. The molecule has 0 fully saturated rings. The molecule has 21 heavy (non-hydrogen) atoms. The first-order valence-electron chi connectivity index (χ1n) is 6.04. The summed E-state index contributed by atoms with van der Waals surface area (Å²) in [4.78, 5) is 20.5. The molecule has 2 aromatic rings. The Bertz CT molecular complexity index is 732. The van der Waals surface area contributed by atoms with Crippen LogP contribution in [-0.2, 0) is 15.5 Å². The number of aryl methyl sites for hydroxylation is 1. The Morgan fingerprint density at radius 1 is 1.33 bits per heavy atom. The first-order chi connectivity index (χ1) is 9.95. The second kappa shape index (κ2) is 6.64. The average molecular weight is 326 g/mol. The van der Waals surface area contributed by atoms with Gasteiger partial charge in [0.1, 0.15) is 11.7 Å². The Balaban J connectivity index is 2.27. The van der Waals surface area contributed by atoms with Crippen molar-refractivity contribution in [1.29, 1.82) is 0 Å². The van der Waals surface area contributed by atoms with E-state index in [9.17, 15) is 13.2 Å². The summed E-state index contributed by atoms with van der Waals surface area (Å²) in [7, 11) is -2.51. The van der Waals surface area contributed by atoms with Crippen LogP contribution in [-0.4, -0.2) is 30.2 Å². The zero-order valence-corrected chi connectivity index (χ0v) is 13.1. The maximum absolute atomic E-state index is 11.0. The number of nitrogens with zero attached hydrogens (tertiary/aromatic N) is 2. The highest BCUT2D eigenvalue weighted by atomic mass is 32.2. The van der Waals surface area contributed by atoms with Crippen molar-refractivity contribution in [2.45, 2.75) is 13.8 Å². The maximum Gasteiger partial charge on any atom is 0.223 e. The summed E-state index contributed by atoms with van der Waals surface area (Å²) in [6.07, 6.45) is 0. The van der Waals surface area contributed by atoms with E-state index in [2.05, 4.69) is 20.6 Å². The average Bonchev–Trinajstić information content (AvgIpc) is 2.76. The SMILES string of the molecule is CC(=O)Nc1nc(C)c(-c2cccc(NC[SH](=O)=O)n2)s1. The number of amides is 1. The monoisotopic (exact) mass is 326 g/mol. The summed E-state index contributed by atoms with van der Waals surface area (Å²) >= 11 is 1.32. The predicted molar refractivity (Wildman–Crippen MR) is 83.2 cm³/mol. The number of hydrogen-bond donors (Lipinski definition) is 3. The van der Waals surface area contributed by atoms with E-state index in [-0.39, 0.29) is 11.8 Å². The topological polar surface area (TPSA) is 101 Å². The third-order valence-electron chi connectivity index (χ3n) is 2.45. The number of hydrogen-bond acceptors (Lipinski definition) is 7. The highest BCUT2D eigenvalue weighted by Gasteiger charge is 2.12. The minimum atomic E-state index is -2.51. The molecular formula is C12H14N4O3S2. The van der Waals surface area contributed by atoms with Crippen LogP contribution in [0.15, 0.2) is 18.2 Å². The van der Waals surface area contributed by atoms with E-state index in [1.165, 1.54) is 18.3 Å². The van der Waals surface area contributed by atoms with Crippen LogP contribution >= 0.6 is 11.3 Å². The molecule has 0 aliphatic rings. The van der Waals surface area contributed by atoms with Crippen molar-refractivity contribution in [2.24, 2.45) is 0 Å². The second-order valence-electron chi connectivity index (χ2n) is 4.19. The van der Waals surface area contributed by atoms with Crippen molar-refractivity contribution >= 4 is 38.9 Å². The van der Waals surface area contributed by atoms with Crippen molar-refractivity contribution in [3.8, 4) is 10.6 Å². The van der Waals surface area contributed by atoms with E-state index < -0.39 is 10.7 Å². The number of carbonyl (C=O) groups is 1. The van der Waals surface area contributed by atoms with Crippen molar-refractivity contribution in [1.82, 2.24) is 9.97 Å². The molecule has 7 nitrogen and oxygen atoms in total. The molecule has 112 valence electrons. The Kier molecular flexibility index (Phi) is 4.86. The van der Waals surface area contributed by atoms with Crippen molar-refractivity contribution in [3.63, 3.8) is 0 Å². The third kappa shape index (κ3) is 4.23. The van der Waals surface area contributed by atoms with Crippen LogP contribution in [0.25, 0.3) is 10.6 Å². The van der Waals surface area contributed by atoms with Gasteiger partial charge in [0.15, 0.2) is 15.8 Å². The highest BCUT2D eigenvalue weighted by Crippen LogP contribution is 2.31. The lowest BCUT2D eigenvalue weighted by molar-refractivity contribution is -0.114. The molecule has 1 amide bonds. The van der Waals surface area contributed by atoms with E-state index >= 15 is 0 Å². The van der Waals surface area contributed by atoms with Gasteiger partial charge in [-0.3, -0.25) is 4.79 Å². The van der Waals surface area contributed by atoms with Gasteiger partial charge in [-0.1, -0.05) is 17.4 Å². The van der Waals surface area contributed by atoms with Crippen LogP contribution in [0.5, 0.6) is 0 Å². The van der Waals surface area contributed by atoms with Gasteiger partial charge in [0.05, 0.1) is 16.3 Å². The fraction of sp³-hybridized carbons (Fsp3) is 0.250. The highest BCUT2D eigenvalue weighted by molar-refractivity contribution is 7.72. The van der Waals surface area contributed by atoms with E-state index in [1.54, 1.807) is 18.2 Å².